The van der Waals surface area contributed by atoms with Crippen LogP contribution in [0.3, 0.4) is 0 Å². The molecule has 1 unspecified atom stereocenters. The molecule has 1 saturated heterocycles. The van der Waals surface area contributed by atoms with Gasteiger partial charge in [-0.05, 0) is 37.0 Å². The van der Waals surface area contributed by atoms with E-state index in [-0.39, 0.29) is 17.4 Å². The molecule has 0 aromatic heterocycles. The van der Waals surface area contributed by atoms with E-state index in [0.717, 1.165) is 0 Å². The molecule has 1 aliphatic heterocycles. The molecule has 1 aromatic carbocycles. The average molecular weight is 270 g/mol. The fourth-order valence-electron chi connectivity index (χ4n) is 2.20. The van der Waals surface area contributed by atoms with Crippen molar-refractivity contribution in [2.75, 3.05) is 25.4 Å². The van der Waals surface area contributed by atoms with E-state index < -0.39 is 10.0 Å². The Morgan fingerprint density at radius 3 is 2.83 bits per heavy atom. The van der Waals surface area contributed by atoms with E-state index >= 15 is 0 Å². The van der Waals surface area contributed by atoms with Gasteiger partial charge in [0.25, 0.3) is 0 Å². The molecule has 100 valence electrons. The molecule has 1 heterocycles. The Balaban J connectivity index is 2.34. The third-order valence-electron chi connectivity index (χ3n) is 3.34. The maximum absolute atomic E-state index is 12.5. The number of anilines is 1. The zero-order valence-corrected chi connectivity index (χ0v) is 11.2. The maximum atomic E-state index is 12.5. The largest absolute Gasteiger partial charge is 0.399 e. The molecule has 3 N–H and O–H groups in total. The molecular weight excluding hydrogens is 252 g/mol. The second kappa shape index (κ2) is 4.87. The normalized spacial score (nSPS) is 21.3. The van der Waals surface area contributed by atoms with Crippen LogP contribution < -0.4 is 5.73 Å². The van der Waals surface area contributed by atoms with Crippen molar-refractivity contribution in [2.24, 2.45) is 5.92 Å². The standard InChI is InChI=1S/C12H18N2O3S/c1-9-2-3-11(13)6-12(9)18(16,17)14-5-4-10(7-14)8-15/h2-3,6,10,15H,4-5,7-8,13H2,1H3. The van der Waals surface area contributed by atoms with Gasteiger partial charge in [-0.2, -0.15) is 4.31 Å². The fraction of sp³-hybridized carbons (Fsp3) is 0.500. The molecule has 5 nitrogen and oxygen atoms in total. The summed E-state index contributed by atoms with van der Waals surface area (Å²) in [6.07, 6.45) is 0.705. The van der Waals surface area contributed by atoms with Gasteiger partial charge < -0.3 is 10.8 Å². The maximum Gasteiger partial charge on any atom is 0.243 e. The molecule has 0 aliphatic carbocycles. The van der Waals surface area contributed by atoms with Crippen molar-refractivity contribution in [1.29, 1.82) is 0 Å². The van der Waals surface area contributed by atoms with Crippen molar-refractivity contribution in [3.63, 3.8) is 0 Å². The molecule has 2 rings (SSSR count). The van der Waals surface area contributed by atoms with Crippen molar-refractivity contribution in [3.05, 3.63) is 23.8 Å². The summed E-state index contributed by atoms with van der Waals surface area (Å²) in [5.41, 5.74) is 6.79. The van der Waals surface area contributed by atoms with Crippen molar-refractivity contribution >= 4 is 15.7 Å². The smallest absolute Gasteiger partial charge is 0.243 e. The molecular formula is C12H18N2O3S. The Morgan fingerprint density at radius 1 is 1.50 bits per heavy atom. The van der Waals surface area contributed by atoms with Crippen LogP contribution in [0.1, 0.15) is 12.0 Å². The Labute approximate surface area is 107 Å². The zero-order chi connectivity index (χ0) is 13.3. The van der Waals surface area contributed by atoms with Crippen LogP contribution in [0.5, 0.6) is 0 Å². The minimum Gasteiger partial charge on any atom is -0.399 e. The lowest BCUT2D eigenvalue weighted by Gasteiger charge is -2.18. The third-order valence-corrected chi connectivity index (χ3v) is 5.34. The van der Waals surface area contributed by atoms with E-state index in [4.69, 9.17) is 10.8 Å². The lowest BCUT2D eigenvalue weighted by molar-refractivity contribution is 0.233. The fourth-order valence-corrected chi connectivity index (χ4v) is 3.99. The summed E-state index contributed by atoms with van der Waals surface area (Å²) in [5, 5.41) is 9.08. The van der Waals surface area contributed by atoms with Crippen LogP contribution in [0.4, 0.5) is 5.69 Å². The van der Waals surface area contributed by atoms with E-state index in [1.165, 1.54) is 10.4 Å². The molecule has 1 aliphatic rings. The van der Waals surface area contributed by atoms with Crippen molar-refractivity contribution in [3.8, 4) is 0 Å². The number of hydrogen-bond acceptors (Lipinski definition) is 4. The molecule has 0 amide bonds. The Hall–Kier alpha value is -1.11. The van der Waals surface area contributed by atoms with Gasteiger partial charge in [0.05, 0.1) is 4.90 Å². The molecule has 0 bridgehead atoms. The molecule has 0 spiro atoms. The predicted octanol–water partition coefficient (Wildman–Crippen LogP) is 0.580. The quantitative estimate of drug-likeness (QED) is 0.787. The topological polar surface area (TPSA) is 83.6 Å². The molecule has 1 atom stereocenters. The van der Waals surface area contributed by atoms with E-state index in [1.54, 1.807) is 19.1 Å². The van der Waals surface area contributed by atoms with E-state index in [0.29, 0.717) is 30.8 Å². The molecule has 0 radical (unpaired) electrons. The third kappa shape index (κ3) is 2.36. The van der Waals surface area contributed by atoms with Crippen molar-refractivity contribution in [1.82, 2.24) is 4.31 Å². The highest BCUT2D eigenvalue weighted by Crippen LogP contribution is 2.27. The first-order valence-electron chi connectivity index (χ1n) is 5.92. The number of nitrogens with zero attached hydrogens (tertiary/aromatic N) is 1. The number of aliphatic hydroxyl groups is 1. The lowest BCUT2D eigenvalue weighted by atomic mass is 10.1. The molecule has 6 heteroatoms. The van der Waals surface area contributed by atoms with Crippen LogP contribution in [0.2, 0.25) is 0 Å². The molecule has 0 saturated carbocycles. The van der Waals surface area contributed by atoms with E-state index in [1.807, 2.05) is 0 Å². The number of nitrogens with two attached hydrogens (primary N) is 1. The van der Waals surface area contributed by atoms with Gasteiger partial charge in [-0.3, -0.25) is 0 Å². The summed E-state index contributed by atoms with van der Waals surface area (Å²) < 4.78 is 26.3. The van der Waals surface area contributed by atoms with Gasteiger partial charge in [0.2, 0.25) is 10.0 Å². The van der Waals surface area contributed by atoms with Crippen LogP contribution >= 0.6 is 0 Å². The van der Waals surface area contributed by atoms with Gasteiger partial charge in [0, 0.05) is 25.4 Å². The summed E-state index contributed by atoms with van der Waals surface area (Å²) in [7, 11) is -3.49. The van der Waals surface area contributed by atoms with Crippen LogP contribution in [0, 0.1) is 12.8 Å². The summed E-state index contributed by atoms with van der Waals surface area (Å²) in [4.78, 5) is 0.265. The number of aryl methyl sites for hydroxylation is 1. The number of benzene rings is 1. The first-order chi connectivity index (χ1) is 8.45. The average Bonchev–Trinajstić information content (AvgIpc) is 2.81. The van der Waals surface area contributed by atoms with Crippen molar-refractivity contribution in [2.45, 2.75) is 18.2 Å². The number of sulfonamides is 1. The number of aliphatic hydroxyl groups excluding tert-OH is 1. The summed E-state index contributed by atoms with van der Waals surface area (Å²) >= 11 is 0. The second-order valence-electron chi connectivity index (χ2n) is 4.73. The number of hydrogen-bond donors (Lipinski definition) is 2. The van der Waals surface area contributed by atoms with Gasteiger partial charge in [-0.15, -0.1) is 0 Å². The Bertz CT molecular complexity index is 542. The van der Waals surface area contributed by atoms with Crippen LogP contribution in [0.15, 0.2) is 23.1 Å². The molecule has 18 heavy (non-hydrogen) atoms. The lowest BCUT2D eigenvalue weighted by Crippen LogP contribution is -2.29. The minimum atomic E-state index is -3.49. The van der Waals surface area contributed by atoms with Crippen LogP contribution in [-0.2, 0) is 10.0 Å². The predicted molar refractivity (Wildman–Crippen MR) is 69.5 cm³/mol. The highest BCUT2D eigenvalue weighted by molar-refractivity contribution is 7.89. The van der Waals surface area contributed by atoms with Crippen LogP contribution in [0.25, 0.3) is 0 Å². The number of nitrogen functional groups attached to an aromatic ring is 1. The van der Waals surface area contributed by atoms with E-state index in [9.17, 15) is 8.42 Å². The van der Waals surface area contributed by atoms with E-state index in [2.05, 4.69) is 0 Å². The molecule has 1 aromatic rings. The highest BCUT2D eigenvalue weighted by Gasteiger charge is 2.32. The summed E-state index contributed by atoms with van der Waals surface area (Å²) in [6.45, 7) is 2.63. The van der Waals surface area contributed by atoms with Gasteiger partial charge in [0.1, 0.15) is 0 Å². The zero-order valence-electron chi connectivity index (χ0n) is 10.3. The Kier molecular flexibility index (Phi) is 3.61. The Morgan fingerprint density at radius 2 is 2.22 bits per heavy atom. The first-order valence-corrected chi connectivity index (χ1v) is 7.36. The van der Waals surface area contributed by atoms with Crippen LogP contribution in [-0.4, -0.2) is 37.5 Å². The van der Waals surface area contributed by atoms with Crippen molar-refractivity contribution < 1.29 is 13.5 Å². The first kappa shape index (κ1) is 13.3. The number of rotatable bonds is 3. The van der Waals surface area contributed by atoms with Gasteiger partial charge in [-0.1, -0.05) is 6.07 Å². The van der Waals surface area contributed by atoms with Gasteiger partial charge >= 0.3 is 0 Å². The molecule has 1 fully saturated rings. The van der Waals surface area contributed by atoms with Gasteiger partial charge in [-0.25, -0.2) is 8.42 Å². The minimum absolute atomic E-state index is 0.0297. The highest BCUT2D eigenvalue weighted by atomic mass is 32.2. The monoisotopic (exact) mass is 270 g/mol. The summed E-state index contributed by atoms with van der Waals surface area (Å²) in [5.74, 6) is 0.0427. The second-order valence-corrected chi connectivity index (χ2v) is 6.63. The summed E-state index contributed by atoms with van der Waals surface area (Å²) in [6, 6.07) is 4.90. The SMILES string of the molecule is Cc1ccc(N)cc1S(=O)(=O)N1CCC(CO)C1. The van der Waals surface area contributed by atoms with Gasteiger partial charge in [0.15, 0.2) is 0 Å².